The van der Waals surface area contributed by atoms with Gasteiger partial charge in [-0.25, -0.2) is 13.6 Å². The van der Waals surface area contributed by atoms with E-state index < -0.39 is 17.3 Å². The number of carbonyl (C=O) groups is 1. The molecule has 4 aromatic rings. The molecule has 0 bridgehead atoms. The molecule has 4 heterocycles. The normalized spacial score (nSPS) is 16.3. The van der Waals surface area contributed by atoms with Crippen molar-refractivity contribution in [1.29, 1.82) is 0 Å². The number of benzene rings is 2. The molecule has 216 valence electrons. The number of piperazine rings is 1. The van der Waals surface area contributed by atoms with Crippen LogP contribution >= 0.6 is 0 Å². The van der Waals surface area contributed by atoms with E-state index in [1.165, 1.54) is 16.7 Å². The van der Waals surface area contributed by atoms with E-state index in [0.717, 1.165) is 5.56 Å². The van der Waals surface area contributed by atoms with Crippen LogP contribution in [0, 0.1) is 18.6 Å². The number of carbonyl (C=O) groups excluding carboxylic acids is 1. The summed E-state index contributed by atoms with van der Waals surface area (Å²) in [5.74, 6) is -1.17. The molecule has 0 saturated carbocycles. The Hall–Kier alpha value is -4.60. The molecule has 2 aliphatic heterocycles. The van der Waals surface area contributed by atoms with Gasteiger partial charge in [0.2, 0.25) is 5.91 Å². The Kier molecular flexibility index (Phi) is 6.79. The standard InChI is InChI=1S/C32H31F2N5O3/c1-6-24(40)37-12-13-38(19(5)15-37)31-21-14-23-26(25-20(16-42-23)8-7-9-22(25)33)27(34)30(21)39(32(41)36-31)29-18(4)10-11-35-28(29)17(2)3/h6-11,14,17,19H,1,12-13,15-16H2,2-5H3/t19-/m0/s1. The summed E-state index contributed by atoms with van der Waals surface area (Å²) in [4.78, 5) is 39.0. The highest BCUT2D eigenvalue weighted by Crippen LogP contribution is 2.45. The molecule has 2 aromatic heterocycles. The molecule has 8 nitrogen and oxygen atoms in total. The maximum atomic E-state index is 17.1. The van der Waals surface area contributed by atoms with Crippen LogP contribution in [0.15, 0.2) is 54.0 Å². The van der Waals surface area contributed by atoms with Crippen molar-refractivity contribution in [3.05, 3.63) is 88.1 Å². The summed E-state index contributed by atoms with van der Waals surface area (Å²) >= 11 is 0. The molecule has 1 fully saturated rings. The lowest BCUT2D eigenvalue weighted by molar-refractivity contribution is -0.126. The molecular formula is C32H31F2N5O3. The largest absolute Gasteiger partial charge is 0.488 e. The number of rotatable bonds is 4. The van der Waals surface area contributed by atoms with Gasteiger partial charge in [0.1, 0.15) is 24.0 Å². The van der Waals surface area contributed by atoms with Crippen molar-refractivity contribution >= 4 is 22.6 Å². The first-order chi connectivity index (χ1) is 20.1. The van der Waals surface area contributed by atoms with Gasteiger partial charge in [-0.1, -0.05) is 32.6 Å². The Labute approximate surface area is 241 Å². The van der Waals surface area contributed by atoms with E-state index in [-0.39, 0.29) is 52.7 Å². The van der Waals surface area contributed by atoms with Gasteiger partial charge in [-0.3, -0.25) is 14.3 Å². The number of hydrogen-bond donors (Lipinski definition) is 0. The summed E-state index contributed by atoms with van der Waals surface area (Å²) in [7, 11) is 0. The van der Waals surface area contributed by atoms with Crippen LogP contribution < -0.4 is 15.3 Å². The van der Waals surface area contributed by atoms with Gasteiger partial charge in [0.15, 0.2) is 5.82 Å². The van der Waals surface area contributed by atoms with Crippen LogP contribution in [0.1, 0.15) is 43.5 Å². The number of nitrogens with zero attached hydrogens (tertiary/aromatic N) is 5. The number of aromatic nitrogens is 3. The fraction of sp³-hybridized carbons (Fsp3) is 0.312. The van der Waals surface area contributed by atoms with Gasteiger partial charge in [-0.05, 0) is 49.6 Å². The zero-order valence-corrected chi connectivity index (χ0v) is 23.9. The molecular weight excluding hydrogens is 540 g/mol. The first kappa shape index (κ1) is 27.6. The van der Waals surface area contributed by atoms with Gasteiger partial charge < -0.3 is 14.5 Å². The van der Waals surface area contributed by atoms with Crippen molar-refractivity contribution < 1.29 is 18.3 Å². The van der Waals surface area contributed by atoms with E-state index in [1.54, 1.807) is 35.4 Å². The molecule has 2 aliphatic rings. The molecule has 0 radical (unpaired) electrons. The monoisotopic (exact) mass is 571 g/mol. The summed E-state index contributed by atoms with van der Waals surface area (Å²) in [6, 6.07) is 7.72. The summed E-state index contributed by atoms with van der Waals surface area (Å²) in [5.41, 5.74) is 1.66. The third-order valence-corrected chi connectivity index (χ3v) is 8.11. The number of aryl methyl sites for hydroxylation is 1. The minimum atomic E-state index is -0.777. The predicted molar refractivity (Wildman–Crippen MR) is 157 cm³/mol. The lowest BCUT2D eigenvalue weighted by Gasteiger charge is -2.40. The number of ether oxygens (including phenoxy) is 1. The number of fused-ring (bicyclic) bond motifs is 4. The molecule has 1 saturated heterocycles. The Morgan fingerprint density at radius 3 is 2.69 bits per heavy atom. The van der Waals surface area contributed by atoms with Gasteiger partial charge in [0.05, 0.1) is 22.5 Å². The second-order valence-electron chi connectivity index (χ2n) is 11.1. The van der Waals surface area contributed by atoms with Crippen molar-refractivity contribution in [2.45, 2.75) is 46.3 Å². The number of halogens is 2. The minimum absolute atomic E-state index is 0.0294. The maximum Gasteiger partial charge on any atom is 0.354 e. The smallest absolute Gasteiger partial charge is 0.354 e. The van der Waals surface area contributed by atoms with Gasteiger partial charge in [0.25, 0.3) is 0 Å². The Morgan fingerprint density at radius 2 is 1.98 bits per heavy atom. The summed E-state index contributed by atoms with van der Waals surface area (Å²) < 4.78 is 39.6. The molecule has 0 N–H and O–H groups in total. The van der Waals surface area contributed by atoms with Crippen LogP contribution in [0.25, 0.3) is 27.7 Å². The van der Waals surface area contributed by atoms with Crippen LogP contribution in [0.4, 0.5) is 14.6 Å². The molecule has 10 heteroatoms. The predicted octanol–water partition coefficient (Wildman–Crippen LogP) is 5.27. The SMILES string of the molecule is C=CC(=O)N1CCN(c2nc(=O)n(-c3c(C)ccnc3C(C)C)c3c(F)c4c(cc23)OCc2cccc(F)c2-4)[C@@H](C)C1. The Morgan fingerprint density at radius 1 is 1.19 bits per heavy atom. The van der Waals surface area contributed by atoms with Crippen LogP contribution in [0.3, 0.4) is 0 Å². The Bertz CT molecular complexity index is 1830. The summed E-state index contributed by atoms with van der Waals surface area (Å²) in [6.07, 6.45) is 2.93. The molecule has 0 aliphatic carbocycles. The van der Waals surface area contributed by atoms with Gasteiger partial charge in [-0.15, -0.1) is 0 Å². The number of amides is 1. The Balaban J connectivity index is 1.69. The quantitative estimate of drug-likeness (QED) is 0.311. The second kappa shape index (κ2) is 10.3. The zero-order valence-electron chi connectivity index (χ0n) is 23.9. The topological polar surface area (TPSA) is 80.6 Å². The van der Waals surface area contributed by atoms with Crippen molar-refractivity contribution in [1.82, 2.24) is 19.4 Å². The third kappa shape index (κ3) is 4.24. The zero-order chi connectivity index (χ0) is 29.9. The molecule has 1 atom stereocenters. The molecule has 2 aromatic carbocycles. The van der Waals surface area contributed by atoms with Gasteiger partial charge in [-0.2, -0.15) is 4.98 Å². The number of hydrogen-bond acceptors (Lipinski definition) is 6. The first-order valence-corrected chi connectivity index (χ1v) is 14.0. The lowest BCUT2D eigenvalue weighted by Crippen LogP contribution is -2.54. The van der Waals surface area contributed by atoms with E-state index in [4.69, 9.17) is 4.74 Å². The van der Waals surface area contributed by atoms with Crippen LogP contribution in [-0.4, -0.2) is 51.0 Å². The summed E-state index contributed by atoms with van der Waals surface area (Å²) in [6.45, 7) is 12.4. The average molecular weight is 572 g/mol. The molecule has 6 rings (SSSR count). The van der Waals surface area contributed by atoms with Crippen molar-refractivity contribution in [3.8, 4) is 22.6 Å². The fourth-order valence-electron chi connectivity index (χ4n) is 6.09. The third-order valence-electron chi connectivity index (χ3n) is 8.11. The number of pyridine rings is 1. The van der Waals surface area contributed by atoms with E-state index in [9.17, 15) is 9.59 Å². The molecule has 42 heavy (non-hydrogen) atoms. The highest BCUT2D eigenvalue weighted by molar-refractivity contribution is 5.98. The van der Waals surface area contributed by atoms with Gasteiger partial charge >= 0.3 is 5.69 Å². The highest BCUT2D eigenvalue weighted by atomic mass is 19.1. The van der Waals surface area contributed by atoms with Crippen molar-refractivity contribution in [2.24, 2.45) is 0 Å². The van der Waals surface area contributed by atoms with E-state index in [0.29, 0.717) is 42.0 Å². The van der Waals surface area contributed by atoms with Crippen LogP contribution in [0.5, 0.6) is 5.75 Å². The van der Waals surface area contributed by atoms with E-state index in [1.807, 2.05) is 32.6 Å². The van der Waals surface area contributed by atoms with Crippen molar-refractivity contribution in [3.63, 3.8) is 0 Å². The summed E-state index contributed by atoms with van der Waals surface area (Å²) in [5, 5.41) is 0.346. The maximum absolute atomic E-state index is 17.1. The molecule has 1 amide bonds. The molecule has 0 spiro atoms. The minimum Gasteiger partial charge on any atom is -0.488 e. The van der Waals surface area contributed by atoms with Crippen molar-refractivity contribution in [2.75, 3.05) is 24.5 Å². The lowest BCUT2D eigenvalue weighted by atomic mass is 9.94. The van der Waals surface area contributed by atoms with E-state index in [2.05, 4.69) is 16.5 Å². The fourth-order valence-corrected chi connectivity index (χ4v) is 6.09. The van der Waals surface area contributed by atoms with E-state index >= 15 is 8.78 Å². The first-order valence-electron chi connectivity index (χ1n) is 14.0. The second-order valence-corrected chi connectivity index (χ2v) is 11.1. The van der Waals surface area contributed by atoms with Gasteiger partial charge in [0, 0.05) is 48.4 Å². The number of anilines is 1. The van der Waals surface area contributed by atoms with Crippen LogP contribution in [-0.2, 0) is 11.4 Å². The highest BCUT2D eigenvalue weighted by Gasteiger charge is 2.33. The average Bonchev–Trinajstić information content (AvgIpc) is 2.97. The van der Waals surface area contributed by atoms with Crippen LogP contribution in [0.2, 0.25) is 0 Å². The molecule has 0 unspecified atom stereocenters.